The fourth-order valence-electron chi connectivity index (χ4n) is 5.19. The van der Waals surface area contributed by atoms with Crippen molar-refractivity contribution in [3.05, 3.63) is 84.5 Å². The predicted octanol–water partition coefficient (Wildman–Crippen LogP) is 1.19. The molecule has 19 heteroatoms. The van der Waals surface area contributed by atoms with E-state index in [1.165, 1.54) is 27.5 Å². The first-order chi connectivity index (χ1) is 24.8. The summed E-state index contributed by atoms with van der Waals surface area (Å²) in [7, 11) is 8.42. The summed E-state index contributed by atoms with van der Waals surface area (Å²) in [6, 6.07) is 6.43. The van der Waals surface area contributed by atoms with Crippen LogP contribution in [0.15, 0.2) is 61.6 Å². The van der Waals surface area contributed by atoms with Gasteiger partial charge in [-0.15, -0.1) is 0 Å². The van der Waals surface area contributed by atoms with Gasteiger partial charge in [0, 0.05) is 92.2 Å². The Morgan fingerprint density at radius 2 is 1.19 bits per heavy atom. The molecule has 272 valence electrons. The Balaban J connectivity index is 1.06. The van der Waals surface area contributed by atoms with E-state index in [-0.39, 0.29) is 61.0 Å². The van der Waals surface area contributed by atoms with E-state index in [4.69, 9.17) is 0 Å². The minimum absolute atomic E-state index is 0.00440. The van der Waals surface area contributed by atoms with Gasteiger partial charge >= 0.3 is 0 Å². The summed E-state index contributed by atoms with van der Waals surface area (Å²) >= 11 is 0. The fourth-order valence-corrected chi connectivity index (χ4v) is 5.19. The second kappa shape index (κ2) is 15.7. The second-order valence-electron chi connectivity index (χ2n) is 12.0. The monoisotopic (exact) mass is 713 g/mol. The maximum absolute atomic E-state index is 13.0. The number of nitrogens with zero attached hydrogens (tertiary/aromatic N) is 7. The van der Waals surface area contributed by atoms with E-state index in [1.54, 1.807) is 92.2 Å². The molecule has 5 heterocycles. The van der Waals surface area contributed by atoms with Crippen molar-refractivity contribution in [3.8, 4) is 0 Å². The van der Waals surface area contributed by atoms with Gasteiger partial charge in [0.05, 0.1) is 17.7 Å². The van der Waals surface area contributed by atoms with Crippen molar-refractivity contribution in [2.75, 3.05) is 34.4 Å². The van der Waals surface area contributed by atoms with Crippen LogP contribution in [-0.4, -0.2) is 81.3 Å². The maximum atomic E-state index is 13.0. The molecule has 5 aromatic heterocycles. The highest BCUT2D eigenvalue weighted by atomic mass is 16.2. The molecule has 0 unspecified atom stereocenters. The van der Waals surface area contributed by atoms with Gasteiger partial charge < -0.3 is 54.7 Å². The lowest BCUT2D eigenvalue weighted by molar-refractivity contribution is -0.116. The average Bonchev–Trinajstić information content (AvgIpc) is 3.91. The summed E-state index contributed by atoms with van der Waals surface area (Å²) in [5.41, 5.74) is 1.76. The van der Waals surface area contributed by atoms with E-state index in [0.29, 0.717) is 28.6 Å². The van der Waals surface area contributed by atoms with Crippen LogP contribution < -0.4 is 31.9 Å². The van der Waals surface area contributed by atoms with Crippen molar-refractivity contribution in [1.82, 2.24) is 43.4 Å². The van der Waals surface area contributed by atoms with Gasteiger partial charge in [-0.2, -0.15) is 0 Å². The van der Waals surface area contributed by atoms with Gasteiger partial charge in [-0.1, -0.05) is 0 Å². The van der Waals surface area contributed by atoms with Gasteiger partial charge in [0.1, 0.15) is 17.1 Å². The molecule has 0 bridgehead atoms. The minimum atomic E-state index is -0.578. The van der Waals surface area contributed by atoms with Crippen LogP contribution in [0.1, 0.15) is 54.9 Å². The number of anilines is 4. The van der Waals surface area contributed by atoms with Gasteiger partial charge in [0.25, 0.3) is 23.6 Å². The third-order valence-corrected chi connectivity index (χ3v) is 7.76. The molecule has 52 heavy (non-hydrogen) atoms. The Morgan fingerprint density at radius 1 is 0.596 bits per heavy atom. The van der Waals surface area contributed by atoms with Crippen molar-refractivity contribution in [3.63, 3.8) is 0 Å². The number of amides is 6. The molecule has 0 aliphatic carbocycles. The van der Waals surface area contributed by atoms with E-state index < -0.39 is 17.7 Å². The highest BCUT2D eigenvalue weighted by Crippen LogP contribution is 2.17. The third kappa shape index (κ3) is 9.00. The van der Waals surface area contributed by atoms with Gasteiger partial charge in [0.2, 0.25) is 17.6 Å². The molecular formula is C33H39N13O6. The van der Waals surface area contributed by atoms with Gasteiger partial charge in [-0.25, -0.2) is 9.97 Å². The van der Waals surface area contributed by atoms with E-state index in [1.807, 2.05) is 0 Å². The Bertz CT molecular complexity index is 2150. The number of aromatic nitrogens is 7. The lowest BCUT2D eigenvalue weighted by Gasteiger charge is -2.06. The zero-order valence-corrected chi connectivity index (χ0v) is 29.2. The lowest BCUT2D eigenvalue weighted by Crippen LogP contribution is -2.29. The van der Waals surface area contributed by atoms with Crippen LogP contribution in [0.2, 0.25) is 0 Å². The molecule has 0 radical (unpaired) electrons. The first-order valence-electron chi connectivity index (χ1n) is 16.0. The summed E-state index contributed by atoms with van der Waals surface area (Å²) in [6.45, 7) is 0.135. The van der Waals surface area contributed by atoms with Gasteiger partial charge in [-0.05, 0) is 24.3 Å². The molecule has 0 saturated carbocycles. The summed E-state index contributed by atoms with van der Waals surface area (Å²) < 4.78 is 7.91. The number of hydrogen-bond donors (Lipinski definition) is 6. The standard InChI is InChI=1S/C33H39N13O6/c1-42-17-25(36-19-42)41-32(51)24-13-20(15-45(24)4)37-27(47)8-10-35-31(50)23-14-21(16-44(23)3)38-33(52)29-40-26(18-46(29)5)39-28(48)9-11-34-30(49)22-7-6-12-43(22)2/h6-7,12-19H,8-11H2,1-5H3,(H,34,49)(H,35,50)(H,37,47)(H,38,52)(H,39,48)(H,41,51). The van der Waals surface area contributed by atoms with E-state index in [0.717, 1.165) is 0 Å². The Hall–Kier alpha value is -6.92. The largest absolute Gasteiger partial charge is 0.350 e. The summed E-state index contributed by atoms with van der Waals surface area (Å²) in [6.07, 6.45) is 9.55. The normalized spacial score (nSPS) is 10.8. The fraction of sp³-hybridized carbons (Fsp3) is 0.273. The Labute approximate surface area is 297 Å². The van der Waals surface area contributed by atoms with Gasteiger partial charge in [0.15, 0.2) is 11.6 Å². The predicted molar refractivity (Wildman–Crippen MR) is 190 cm³/mol. The molecule has 5 aromatic rings. The highest BCUT2D eigenvalue weighted by molar-refractivity contribution is 6.05. The first-order valence-corrected chi connectivity index (χ1v) is 16.0. The number of aryl methyl sites for hydroxylation is 5. The smallest absolute Gasteiger partial charge is 0.291 e. The SMILES string of the molecule is Cn1cnc(NC(=O)c2cc(NC(=O)CCNC(=O)c3cc(NC(=O)c4nc(NC(=O)CCNC(=O)c5cccn5C)cn4C)cn3C)cn2C)c1. The van der Waals surface area contributed by atoms with Crippen LogP contribution in [0.4, 0.5) is 23.0 Å². The van der Waals surface area contributed by atoms with Crippen molar-refractivity contribution in [2.24, 2.45) is 35.2 Å². The van der Waals surface area contributed by atoms with Crippen molar-refractivity contribution < 1.29 is 28.8 Å². The van der Waals surface area contributed by atoms with Crippen LogP contribution in [0, 0.1) is 0 Å². The second-order valence-corrected chi connectivity index (χ2v) is 12.0. The molecule has 0 atom stereocenters. The van der Waals surface area contributed by atoms with Crippen molar-refractivity contribution in [1.29, 1.82) is 0 Å². The number of carbonyl (C=O) groups is 6. The average molecular weight is 714 g/mol. The number of carbonyl (C=O) groups excluding carboxylic acids is 6. The number of nitrogens with one attached hydrogen (secondary N) is 6. The number of hydrogen-bond acceptors (Lipinski definition) is 8. The molecule has 0 spiro atoms. The number of rotatable bonds is 14. The zero-order valence-electron chi connectivity index (χ0n) is 29.2. The quantitative estimate of drug-likeness (QED) is 0.0978. The number of imidazole rings is 2. The van der Waals surface area contributed by atoms with Crippen LogP contribution in [0.25, 0.3) is 0 Å². The van der Waals surface area contributed by atoms with Crippen LogP contribution in [-0.2, 0) is 44.8 Å². The molecule has 0 fully saturated rings. The van der Waals surface area contributed by atoms with E-state index >= 15 is 0 Å². The molecule has 0 saturated heterocycles. The maximum Gasteiger partial charge on any atom is 0.291 e. The Kier molecular flexibility index (Phi) is 11.0. The molecule has 0 aliphatic rings. The molecule has 5 rings (SSSR count). The summed E-state index contributed by atoms with van der Waals surface area (Å²) in [4.78, 5) is 84.0. The molecule has 6 N–H and O–H groups in total. The minimum Gasteiger partial charge on any atom is -0.350 e. The van der Waals surface area contributed by atoms with Crippen molar-refractivity contribution in [2.45, 2.75) is 12.8 Å². The third-order valence-electron chi connectivity index (χ3n) is 7.76. The van der Waals surface area contributed by atoms with Crippen LogP contribution >= 0.6 is 0 Å². The van der Waals surface area contributed by atoms with E-state index in [9.17, 15) is 28.8 Å². The molecular weight excluding hydrogens is 674 g/mol. The first kappa shape index (κ1) is 36.4. The summed E-state index contributed by atoms with van der Waals surface area (Å²) in [5.74, 6) is -1.95. The highest BCUT2D eigenvalue weighted by Gasteiger charge is 2.19. The van der Waals surface area contributed by atoms with Crippen LogP contribution in [0.5, 0.6) is 0 Å². The van der Waals surface area contributed by atoms with Crippen LogP contribution in [0.3, 0.4) is 0 Å². The lowest BCUT2D eigenvalue weighted by atomic mass is 10.3. The molecule has 0 aliphatic heterocycles. The zero-order chi connectivity index (χ0) is 37.5. The Morgan fingerprint density at radius 3 is 1.79 bits per heavy atom. The molecule has 19 nitrogen and oxygen atoms in total. The van der Waals surface area contributed by atoms with Crippen molar-refractivity contribution >= 4 is 58.5 Å². The van der Waals surface area contributed by atoms with E-state index in [2.05, 4.69) is 41.9 Å². The van der Waals surface area contributed by atoms with Gasteiger partial charge in [-0.3, -0.25) is 28.8 Å². The topological polar surface area (TPSA) is 225 Å². The molecule has 6 amide bonds. The summed E-state index contributed by atoms with van der Waals surface area (Å²) in [5, 5.41) is 16.1. The molecule has 0 aromatic carbocycles.